The average molecular weight is 411 g/mol. The molecule has 0 aliphatic heterocycles. The lowest BCUT2D eigenvalue weighted by molar-refractivity contribution is 0.0997. The van der Waals surface area contributed by atoms with Crippen LogP contribution >= 0.6 is 15.9 Å². The molecule has 0 unspecified atom stereocenters. The molecule has 0 aliphatic carbocycles. The van der Waals surface area contributed by atoms with Crippen molar-refractivity contribution < 1.29 is 14.3 Å². The van der Waals surface area contributed by atoms with Crippen LogP contribution in [-0.2, 0) is 0 Å². The third kappa shape index (κ3) is 4.49. The van der Waals surface area contributed by atoms with Crippen molar-refractivity contribution >= 4 is 33.4 Å². The topological polar surface area (TPSA) is 81.4 Å². The van der Waals surface area contributed by atoms with E-state index in [0.29, 0.717) is 28.3 Å². The van der Waals surface area contributed by atoms with Crippen LogP contribution in [0, 0.1) is 0 Å². The summed E-state index contributed by atoms with van der Waals surface area (Å²) in [5, 5.41) is 2.83. The highest BCUT2D eigenvalue weighted by atomic mass is 79.9. The second-order valence-electron chi connectivity index (χ2n) is 5.48. The molecular weight excluding hydrogens is 396 g/mol. The number of primary amides is 1. The van der Waals surface area contributed by atoms with E-state index in [1.807, 2.05) is 24.3 Å². The molecule has 26 heavy (non-hydrogen) atoms. The molecule has 0 radical (unpaired) electrons. The van der Waals surface area contributed by atoms with Crippen molar-refractivity contribution in [3.63, 3.8) is 0 Å². The van der Waals surface area contributed by atoms with E-state index in [4.69, 9.17) is 10.5 Å². The van der Waals surface area contributed by atoms with Gasteiger partial charge in [-0.15, -0.1) is 0 Å². The molecule has 2 amide bonds. The van der Waals surface area contributed by atoms with E-state index in [-0.39, 0.29) is 5.91 Å². The number of halogens is 1. The standard InChI is InChI=1S/C20H15BrN2O3/c21-15-5-7-16(8-6-15)23-20(25)14-3-11-18(12-4-14)26-17-9-1-13(2-10-17)19(22)24/h1-12H,(H2,22,24)(H,23,25). The van der Waals surface area contributed by atoms with E-state index in [2.05, 4.69) is 21.2 Å². The minimum atomic E-state index is -0.488. The molecule has 0 heterocycles. The second kappa shape index (κ2) is 7.84. The van der Waals surface area contributed by atoms with Crippen LogP contribution in [0.1, 0.15) is 20.7 Å². The van der Waals surface area contributed by atoms with E-state index in [0.717, 1.165) is 4.47 Å². The molecule has 5 nitrogen and oxygen atoms in total. The monoisotopic (exact) mass is 410 g/mol. The first kappa shape index (κ1) is 17.7. The van der Waals surface area contributed by atoms with Gasteiger partial charge in [0.05, 0.1) is 0 Å². The molecule has 0 bridgehead atoms. The maximum Gasteiger partial charge on any atom is 0.255 e. The second-order valence-corrected chi connectivity index (χ2v) is 6.39. The Balaban J connectivity index is 1.64. The molecule has 0 spiro atoms. The number of anilines is 1. The predicted molar refractivity (Wildman–Crippen MR) is 104 cm³/mol. The summed E-state index contributed by atoms with van der Waals surface area (Å²) >= 11 is 3.35. The van der Waals surface area contributed by atoms with Crippen molar-refractivity contribution in [1.29, 1.82) is 0 Å². The zero-order chi connectivity index (χ0) is 18.5. The van der Waals surface area contributed by atoms with Crippen molar-refractivity contribution in [3.05, 3.63) is 88.4 Å². The Morgan fingerprint density at radius 3 is 1.77 bits per heavy atom. The lowest BCUT2D eigenvalue weighted by Gasteiger charge is -2.08. The zero-order valence-corrected chi connectivity index (χ0v) is 15.2. The van der Waals surface area contributed by atoms with Crippen LogP contribution in [0.3, 0.4) is 0 Å². The van der Waals surface area contributed by atoms with Gasteiger partial charge in [0, 0.05) is 21.3 Å². The number of carbonyl (C=O) groups excluding carboxylic acids is 2. The average Bonchev–Trinajstić information content (AvgIpc) is 2.64. The summed E-state index contributed by atoms with van der Waals surface area (Å²) in [4.78, 5) is 23.3. The first-order chi connectivity index (χ1) is 12.5. The van der Waals surface area contributed by atoms with Gasteiger partial charge in [0.15, 0.2) is 0 Å². The number of hydrogen-bond acceptors (Lipinski definition) is 3. The number of nitrogens with two attached hydrogens (primary N) is 1. The van der Waals surface area contributed by atoms with E-state index in [1.54, 1.807) is 48.5 Å². The molecule has 0 fully saturated rings. The molecule has 3 aromatic carbocycles. The Morgan fingerprint density at radius 2 is 1.27 bits per heavy atom. The summed E-state index contributed by atoms with van der Waals surface area (Å²) in [6.07, 6.45) is 0. The summed E-state index contributed by atoms with van der Waals surface area (Å²) in [6, 6.07) is 20.6. The number of nitrogens with one attached hydrogen (secondary N) is 1. The fraction of sp³-hybridized carbons (Fsp3) is 0. The highest BCUT2D eigenvalue weighted by Gasteiger charge is 2.07. The van der Waals surface area contributed by atoms with Gasteiger partial charge in [-0.05, 0) is 72.8 Å². The van der Waals surface area contributed by atoms with Crippen LogP contribution in [0.25, 0.3) is 0 Å². The van der Waals surface area contributed by atoms with Crippen molar-refractivity contribution in [3.8, 4) is 11.5 Å². The first-order valence-corrected chi connectivity index (χ1v) is 8.55. The van der Waals surface area contributed by atoms with E-state index < -0.39 is 5.91 Å². The Kier molecular flexibility index (Phi) is 5.34. The largest absolute Gasteiger partial charge is 0.457 e. The molecule has 6 heteroatoms. The molecular formula is C20H15BrN2O3. The van der Waals surface area contributed by atoms with E-state index >= 15 is 0 Å². The van der Waals surface area contributed by atoms with Crippen LogP contribution in [0.4, 0.5) is 5.69 Å². The quantitative estimate of drug-likeness (QED) is 0.644. The fourth-order valence-corrected chi connectivity index (χ4v) is 2.50. The lowest BCUT2D eigenvalue weighted by Crippen LogP contribution is -2.11. The van der Waals surface area contributed by atoms with Crippen LogP contribution in [0.15, 0.2) is 77.3 Å². The summed E-state index contributed by atoms with van der Waals surface area (Å²) in [6.45, 7) is 0. The number of benzene rings is 3. The van der Waals surface area contributed by atoms with Gasteiger partial charge in [0.2, 0.25) is 5.91 Å². The van der Waals surface area contributed by atoms with Gasteiger partial charge in [-0.3, -0.25) is 9.59 Å². The first-order valence-electron chi connectivity index (χ1n) is 7.76. The molecule has 3 N–H and O–H groups in total. The van der Waals surface area contributed by atoms with Gasteiger partial charge in [0.25, 0.3) is 5.91 Å². The van der Waals surface area contributed by atoms with Gasteiger partial charge < -0.3 is 15.8 Å². The van der Waals surface area contributed by atoms with Crippen molar-refractivity contribution in [2.45, 2.75) is 0 Å². The third-order valence-electron chi connectivity index (χ3n) is 3.59. The number of ether oxygens (including phenoxy) is 1. The normalized spacial score (nSPS) is 10.2. The van der Waals surface area contributed by atoms with Crippen molar-refractivity contribution in [2.75, 3.05) is 5.32 Å². The zero-order valence-electron chi connectivity index (χ0n) is 13.6. The molecule has 0 atom stereocenters. The maximum atomic E-state index is 12.3. The van der Waals surface area contributed by atoms with Crippen molar-refractivity contribution in [1.82, 2.24) is 0 Å². The molecule has 130 valence electrons. The van der Waals surface area contributed by atoms with Gasteiger partial charge in [0.1, 0.15) is 11.5 Å². The molecule has 0 saturated carbocycles. The van der Waals surface area contributed by atoms with Crippen LogP contribution in [0.5, 0.6) is 11.5 Å². The maximum absolute atomic E-state index is 12.3. The Labute approximate surface area is 158 Å². The summed E-state index contributed by atoms with van der Waals surface area (Å²) in [5.74, 6) is 0.460. The van der Waals surface area contributed by atoms with Gasteiger partial charge in [-0.1, -0.05) is 15.9 Å². The molecule has 3 rings (SSSR count). The Bertz CT molecular complexity index is 921. The van der Waals surface area contributed by atoms with Crippen LogP contribution in [-0.4, -0.2) is 11.8 Å². The van der Waals surface area contributed by atoms with Crippen LogP contribution < -0.4 is 15.8 Å². The molecule has 0 aromatic heterocycles. The fourth-order valence-electron chi connectivity index (χ4n) is 2.23. The van der Waals surface area contributed by atoms with Crippen LogP contribution in [0.2, 0.25) is 0 Å². The number of rotatable bonds is 5. The molecule has 0 aliphatic rings. The van der Waals surface area contributed by atoms with E-state index in [1.165, 1.54) is 0 Å². The third-order valence-corrected chi connectivity index (χ3v) is 4.12. The van der Waals surface area contributed by atoms with Crippen molar-refractivity contribution in [2.24, 2.45) is 5.73 Å². The van der Waals surface area contributed by atoms with Gasteiger partial charge >= 0.3 is 0 Å². The van der Waals surface area contributed by atoms with Gasteiger partial charge in [-0.25, -0.2) is 0 Å². The Hall–Kier alpha value is -3.12. The summed E-state index contributed by atoms with van der Waals surface area (Å²) < 4.78 is 6.64. The SMILES string of the molecule is NC(=O)c1ccc(Oc2ccc(C(=O)Nc3ccc(Br)cc3)cc2)cc1. The smallest absolute Gasteiger partial charge is 0.255 e. The number of carbonyl (C=O) groups is 2. The Morgan fingerprint density at radius 1 is 0.769 bits per heavy atom. The lowest BCUT2D eigenvalue weighted by atomic mass is 10.2. The summed E-state index contributed by atoms with van der Waals surface area (Å²) in [7, 11) is 0. The number of hydrogen-bond donors (Lipinski definition) is 2. The summed E-state index contributed by atoms with van der Waals surface area (Å²) in [5.41, 5.74) is 6.85. The minimum absolute atomic E-state index is 0.204. The highest BCUT2D eigenvalue weighted by Crippen LogP contribution is 2.22. The molecule has 0 saturated heterocycles. The van der Waals surface area contributed by atoms with Gasteiger partial charge in [-0.2, -0.15) is 0 Å². The molecule has 3 aromatic rings. The van der Waals surface area contributed by atoms with E-state index in [9.17, 15) is 9.59 Å². The highest BCUT2D eigenvalue weighted by molar-refractivity contribution is 9.10. The predicted octanol–water partition coefficient (Wildman–Crippen LogP) is 4.59. The minimum Gasteiger partial charge on any atom is -0.457 e. The number of amides is 2.